The Bertz CT molecular complexity index is 208. The van der Waals surface area contributed by atoms with E-state index in [9.17, 15) is 9.59 Å². The van der Waals surface area contributed by atoms with Gasteiger partial charge >= 0.3 is 6.03 Å². The van der Waals surface area contributed by atoms with E-state index in [0.717, 1.165) is 6.42 Å². The second kappa shape index (κ2) is 8.19. The lowest BCUT2D eigenvalue weighted by molar-refractivity contribution is -0.121. The minimum Gasteiger partial charge on any atom is -0.338 e. The molecule has 0 heterocycles. The lowest BCUT2D eigenvalue weighted by Gasteiger charge is -2.12. The van der Waals surface area contributed by atoms with Crippen LogP contribution >= 0.6 is 0 Å². The van der Waals surface area contributed by atoms with Crippen molar-refractivity contribution in [2.75, 3.05) is 19.6 Å². The number of urea groups is 1. The first kappa shape index (κ1) is 13.9. The Labute approximate surface area is 90.0 Å². The van der Waals surface area contributed by atoms with Gasteiger partial charge in [-0.2, -0.15) is 0 Å². The highest BCUT2D eigenvalue weighted by atomic mass is 16.2. The van der Waals surface area contributed by atoms with Gasteiger partial charge in [0.2, 0.25) is 5.91 Å². The number of amides is 3. The molecule has 0 aliphatic rings. The Balaban J connectivity index is 3.73. The highest BCUT2D eigenvalue weighted by Gasteiger charge is 2.13. The van der Waals surface area contributed by atoms with E-state index >= 15 is 0 Å². The van der Waals surface area contributed by atoms with Gasteiger partial charge in [0.05, 0.1) is 6.04 Å². The third-order valence-corrected chi connectivity index (χ3v) is 1.80. The molecular weight excluding hydrogens is 196 g/mol. The normalized spacial score (nSPS) is 11.9. The first-order chi connectivity index (χ1) is 7.11. The number of hydrogen-bond acceptors (Lipinski definition) is 4. The molecule has 0 saturated carbocycles. The van der Waals surface area contributed by atoms with Crippen LogP contribution in [0.1, 0.15) is 20.3 Å². The van der Waals surface area contributed by atoms with E-state index < -0.39 is 6.03 Å². The lowest BCUT2D eigenvalue weighted by Crippen LogP contribution is -2.48. The maximum absolute atomic E-state index is 11.4. The maximum atomic E-state index is 11.4. The van der Waals surface area contributed by atoms with Crippen LogP contribution in [0.5, 0.6) is 0 Å². The quantitative estimate of drug-likeness (QED) is 0.435. The van der Waals surface area contributed by atoms with Crippen LogP contribution in [0.4, 0.5) is 4.79 Å². The first-order valence-corrected chi connectivity index (χ1v) is 5.14. The molecule has 0 aliphatic carbocycles. The van der Waals surface area contributed by atoms with Crippen molar-refractivity contribution in [3.8, 4) is 0 Å². The zero-order chi connectivity index (χ0) is 11.7. The van der Waals surface area contributed by atoms with Gasteiger partial charge in [-0.15, -0.1) is 0 Å². The zero-order valence-electron chi connectivity index (χ0n) is 9.30. The fraction of sp³-hybridized carbons (Fsp3) is 0.778. The first-order valence-electron chi connectivity index (χ1n) is 5.14. The lowest BCUT2D eigenvalue weighted by atomic mass is 10.3. The molecule has 0 aromatic carbocycles. The van der Waals surface area contributed by atoms with E-state index in [0.29, 0.717) is 19.6 Å². The van der Waals surface area contributed by atoms with E-state index in [4.69, 9.17) is 5.73 Å². The summed E-state index contributed by atoms with van der Waals surface area (Å²) in [5.74, 6) is -0.335. The van der Waals surface area contributed by atoms with Crippen LogP contribution in [0.3, 0.4) is 0 Å². The van der Waals surface area contributed by atoms with Gasteiger partial charge in [-0.3, -0.25) is 10.1 Å². The molecule has 0 aliphatic heterocycles. The van der Waals surface area contributed by atoms with Crippen molar-refractivity contribution in [3.05, 3.63) is 0 Å². The number of carbonyl (C=O) groups excluding carboxylic acids is 2. The highest BCUT2D eigenvalue weighted by molar-refractivity contribution is 5.96. The SMILES string of the molecule is CCNC(=O)NC(=O)C(C)NCCCN. The summed E-state index contributed by atoms with van der Waals surface area (Å²) in [5.41, 5.74) is 5.31. The minimum absolute atomic E-state index is 0.335. The smallest absolute Gasteiger partial charge is 0.321 e. The van der Waals surface area contributed by atoms with Crippen LogP contribution in [0.15, 0.2) is 0 Å². The van der Waals surface area contributed by atoms with Gasteiger partial charge in [0.1, 0.15) is 0 Å². The molecule has 1 unspecified atom stereocenters. The Morgan fingerprint density at radius 3 is 2.60 bits per heavy atom. The van der Waals surface area contributed by atoms with Crippen molar-refractivity contribution in [2.45, 2.75) is 26.3 Å². The molecule has 6 heteroatoms. The van der Waals surface area contributed by atoms with Crippen molar-refractivity contribution in [1.82, 2.24) is 16.0 Å². The van der Waals surface area contributed by atoms with E-state index in [1.165, 1.54) is 0 Å². The van der Waals surface area contributed by atoms with E-state index in [1.54, 1.807) is 13.8 Å². The Kier molecular flexibility index (Phi) is 7.57. The van der Waals surface area contributed by atoms with Gasteiger partial charge in [-0.1, -0.05) is 0 Å². The van der Waals surface area contributed by atoms with Gasteiger partial charge in [-0.05, 0) is 33.4 Å². The molecule has 0 radical (unpaired) electrons. The van der Waals surface area contributed by atoms with Crippen molar-refractivity contribution in [1.29, 1.82) is 0 Å². The predicted octanol–water partition coefficient (Wildman–Crippen LogP) is -0.841. The van der Waals surface area contributed by atoms with Crippen molar-refractivity contribution in [2.24, 2.45) is 5.73 Å². The largest absolute Gasteiger partial charge is 0.338 e. The molecule has 0 spiro atoms. The van der Waals surface area contributed by atoms with E-state index in [-0.39, 0.29) is 11.9 Å². The monoisotopic (exact) mass is 216 g/mol. The summed E-state index contributed by atoms with van der Waals surface area (Å²) in [7, 11) is 0. The summed E-state index contributed by atoms with van der Waals surface area (Å²) < 4.78 is 0. The maximum Gasteiger partial charge on any atom is 0.321 e. The Hall–Kier alpha value is -1.14. The standard InChI is InChI=1S/C9H20N4O2/c1-3-11-9(15)13-8(14)7(2)12-6-4-5-10/h7,12H,3-6,10H2,1-2H3,(H2,11,13,14,15). The predicted molar refractivity (Wildman–Crippen MR) is 58.4 cm³/mol. The van der Waals surface area contributed by atoms with Gasteiger partial charge in [0.25, 0.3) is 0 Å². The molecule has 5 N–H and O–H groups in total. The second-order valence-electron chi connectivity index (χ2n) is 3.17. The highest BCUT2D eigenvalue weighted by Crippen LogP contribution is 1.83. The topological polar surface area (TPSA) is 96.2 Å². The molecule has 1 atom stereocenters. The summed E-state index contributed by atoms with van der Waals surface area (Å²) in [4.78, 5) is 22.4. The molecular formula is C9H20N4O2. The molecule has 3 amide bonds. The molecule has 0 aromatic rings. The van der Waals surface area contributed by atoms with Crippen molar-refractivity contribution < 1.29 is 9.59 Å². The number of nitrogens with one attached hydrogen (secondary N) is 3. The summed E-state index contributed by atoms with van der Waals surface area (Å²) in [5, 5.41) is 7.66. The number of hydrogen-bond donors (Lipinski definition) is 4. The fourth-order valence-electron chi connectivity index (χ4n) is 0.938. The average Bonchev–Trinajstić information content (AvgIpc) is 2.18. The number of carbonyl (C=O) groups is 2. The number of nitrogens with two attached hydrogens (primary N) is 1. The van der Waals surface area contributed by atoms with Gasteiger partial charge in [0, 0.05) is 6.54 Å². The van der Waals surface area contributed by atoms with Crippen LogP contribution in [-0.4, -0.2) is 37.6 Å². The van der Waals surface area contributed by atoms with Crippen molar-refractivity contribution in [3.63, 3.8) is 0 Å². The van der Waals surface area contributed by atoms with Crippen LogP contribution < -0.4 is 21.7 Å². The molecule has 15 heavy (non-hydrogen) atoms. The average molecular weight is 216 g/mol. The van der Waals surface area contributed by atoms with E-state index in [2.05, 4.69) is 16.0 Å². The van der Waals surface area contributed by atoms with Crippen LogP contribution in [0.25, 0.3) is 0 Å². The fourth-order valence-corrected chi connectivity index (χ4v) is 0.938. The van der Waals surface area contributed by atoms with Gasteiger partial charge < -0.3 is 16.4 Å². The Morgan fingerprint density at radius 1 is 1.40 bits per heavy atom. The number of imide groups is 1. The van der Waals surface area contributed by atoms with Gasteiger partial charge in [0.15, 0.2) is 0 Å². The molecule has 0 saturated heterocycles. The van der Waals surface area contributed by atoms with Crippen LogP contribution in [0, 0.1) is 0 Å². The number of rotatable bonds is 6. The third-order valence-electron chi connectivity index (χ3n) is 1.80. The molecule has 0 rings (SSSR count). The zero-order valence-corrected chi connectivity index (χ0v) is 9.30. The summed E-state index contributed by atoms with van der Waals surface area (Å²) in [6, 6.07) is -0.853. The second-order valence-corrected chi connectivity index (χ2v) is 3.17. The Morgan fingerprint density at radius 2 is 2.07 bits per heavy atom. The molecule has 6 nitrogen and oxygen atoms in total. The third kappa shape index (κ3) is 6.87. The van der Waals surface area contributed by atoms with E-state index in [1.807, 2.05) is 0 Å². The summed E-state index contributed by atoms with van der Waals surface area (Å²) >= 11 is 0. The molecule has 0 fully saturated rings. The molecule has 0 bridgehead atoms. The van der Waals surface area contributed by atoms with Crippen LogP contribution in [0.2, 0.25) is 0 Å². The van der Waals surface area contributed by atoms with Crippen molar-refractivity contribution >= 4 is 11.9 Å². The molecule has 0 aromatic heterocycles. The van der Waals surface area contributed by atoms with Gasteiger partial charge in [-0.25, -0.2) is 4.79 Å². The summed E-state index contributed by atoms with van der Waals surface area (Å²) in [6.45, 7) is 5.23. The minimum atomic E-state index is -0.463. The summed E-state index contributed by atoms with van der Waals surface area (Å²) in [6.07, 6.45) is 0.804. The molecule has 88 valence electrons. The van der Waals surface area contributed by atoms with Crippen LogP contribution in [-0.2, 0) is 4.79 Å².